The molecule has 5 heteroatoms. The molecule has 0 saturated carbocycles. The van der Waals surface area contributed by atoms with Gasteiger partial charge in [0.05, 0.1) is 11.8 Å². The summed E-state index contributed by atoms with van der Waals surface area (Å²) < 4.78 is 11.0. The second-order valence-electron chi connectivity index (χ2n) is 5.28. The van der Waals surface area contributed by atoms with E-state index >= 15 is 0 Å². The third-order valence-electron chi connectivity index (χ3n) is 3.85. The average molecular weight is 273 g/mol. The van der Waals surface area contributed by atoms with Crippen LogP contribution >= 0.6 is 0 Å². The van der Waals surface area contributed by atoms with Crippen LogP contribution in [-0.2, 0) is 11.2 Å². The van der Waals surface area contributed by atoms with E-state index in [1.165, 1.54) is 5.69 Å². The van der Waals surface area contributed by atoms with Crippen LogP contribution in [0.4, 0.5) is 5.69 Å². The second-order valence-corrected chi connectivity index (χ2v) is 5.28. The first kappa shape index (κ1) is 13.1. The molecule has 2 aromatic rings. The molecule has 0 N–H and O–H groups in total. The van der Waals surface area contributed by atoms with Crippen LogP contribution in [-0.4, -0.2) is 36.4 Å². The molecule has 0 unspecified atom stereocenters. The zero-order valence-electron chi connectivity index (χ0n) is 11.8. The fraction of sp³-hybridized carbons (Fsp3) is 0.467. The van der Waals surface area contributed by atoms with E-state index in [9.17, 15) is 0 Å². The molecule has 3 heterocycles. The van der Waals surface area contributed by atoms with E-state index < -0.39 is 0 Å². The standard InChI is InChI=1S/C15H19N3O2/c1-11-7-14(20-17-11)8-12-9-18(10-15(12)19-2)13-3-5-16-6-4-13/h3-7,12,15H,8-10H2,1-2H3/t12-,15+/m1/s1. The van der Waals surface area contributed by atoms with Gasteiger partial charge in [-0.1, -0.05) is 5.16 Å². The maximum atomic E-state index is 5.64. The van der Waals surface area contributed by atoms with Crippen LogP contribution in [0.1, 0.15) is 11.5 Å². The van der Waals surface area contributed by atoms with Gasteiger partial charge < -0.3 is 14.2 Å². The Balaban J connectivity index is 1.71. The largest absolute Gasteiger partial charge is 0.379 e. The molecular weight excluding hydrogens is 254 g/mol. The molecule has 1 aliphatic rings. The summed E-state index contributed by atoms with van der Waals surface area (Å²) in [5, 5.41) is 3.95. The van der Waals surface area contributed by atoms with Gasteiger partial charge in [-0.3, -0.25) is 4.98 Å². The van der Waals surface area contributed by atoms with Gasteiger partial charge in [-0.25, -0.2) is 0 Å². The van der Waals surface area contributed by atoms with Crippen LogP contribution in [0.25, 0.3) is 0 Å². The number of pyridine rings is 1. The Hall–Kier alpha value is -1.88. The fourth-order valence-electron chi connectivity index (χ4n) is 2.84. The van der Waals surface area contributed by atoms with E-state index in [1.54, 1.807) is 7.11 Å². The van der Waals surface area contributed by atoms with E-state index in [1.807, 2.05) is 37.5 Å². The zero-order valence-corrected chi connectivity index (χ0v) is 11.8. The number of nitrogens with zero attached hydrogens (tertiary/aromatic N) is 3. The summed E-state index contributed by atoms with van der Waals surface area (Å²) >= 11 is 0. The molecule has 1 aliphatic heterocycles. The maximum absolute atomic E-state index is 5.64. The fourth-order valence-corrected chi connectivity index (χ4v) is 2.84. The minimum atomic E-state index is 0.216. The Kier molecular flexibility index (Phi) is 3.69. The quantitative estimate of drug-likeness (QED) is 0.853. The highest BCUT2D eigenvalue weighted by molar-refractivity contribution is 5.46. The summed E-state index contributed by atoms with van der Waals surface area (Å²) in [4.78, 5) is 6.40. The molecule has 20 heavy (non-hydrogen) atoms. The molecule has 0 spiro atoms. The summed E-state index contributed by atoms with van der Waals surface area (Å²) in [6, 6.07) is 6.07. The van der Waals surface area contributed by atoms with Crippen LogP contribution in [0, 0.1) is 12.8 Å². The summed E-state index contributed by atoms with van der Waals surface area (Å²) in [5.41, 5.74) is 2.12. The molecule has 1 saturated heterocycles. The number of rotatable bonds is 4. The smallest absolute Gasteiger partial charge is 0.137 e. The number of methoxy groups -OCH3 is 1. The summed E-state index contributed by atoms with van der Waals surface area (Å²) in [6.45, 7) is 3.80. The van der Waals surface area contributed by atoms with Gasteiger partial charge in [-0.2, -0.15) is 0 Å². The van der Waals surface area contributed by atoms with Crippen LogP contribution in [0.15, 0.2) is 35.1 Å². The number of anilines is 1. The molecule has 0 radical (unpaired) electrons. The van der Waals surface area contributed by atoms with Crippen molar-refractivity contribution in [3.05, 3.63) is 42.0 Å². The zero-order chi connectivity index (χ0) is 13.9. The third kappa shape index (κ3) is 2.67. The Labute approximate surface area is 118 Å². The van der Waals surface area contributed by atoms with Crippen LogP contribution < -0.4 is 4.90 Å². The summed E-state index contributed by atoms with van der Waals surface area (Å²) in [7, 11) is 1.78. The Bertz CT molecular complexity index is 555. The van der Waals surface area contributed by atoms with Crippen molar-refractivity contribution in [2.45, 2.75) is 19.4 Å². The van der Waals surface area contributed by atoms with Crippen molar-refractivity contribution in [2.75, 3.05) is 25.1 Å². The molecule has 0 aromatic carbocycles. The number of aromatic nitrogens is 2. The SMILES string of the molecule is CO[C@H]1CN(c2ccncc2)C[C@H]1Cc1cc(C)no1. The van der Waals surface area contributed by atoms with Crippen molar-refractivity contribution in [3.63, 3.8) is 0 Å². The average Bonchev–Trinajstić information content (AvgIpc) is 3.07. The number of hydrogen-bond donors (Lipinski definition) is 0. The monoisotopic (exact) mass is 273 g/mol. The molecule has 2 aromatic heterocycles. The van der Waals surface area contributed by atoms with Gasteiger partial charge in [0.2, 0.25) is 0 Å². The predicted molar refractivity (Wildman–Crippen MR) is 75.7 cm³/mol. The number of hydrogen-bond acceptors (Lipinski definition) is 5. The minimum Gasteiger partial charge on any atom is -0.379 e. The van der Waals surface area contributed by atoms with E-state index in [0.717, 1.165) is 31.0 Å². The highest BCUT2D eigenvalue weighted by Gasteiger charge is 2.33. The van der Waals surface area contributed by atoms with Gasteiger partial charge in [-0.15, -0.1) is 0 Å². The Morgan fingerprint density at radius 3 is 2.80 bits per heavy atom. The van der Waals surface area contributed by atoms with Crippen molar-refractivity contribution in [3.8, 4) is 0 Å². The van der Waals surface area contributed by atoms with E-state index in [-0.39, 0.29) is 6.10 Å². The molecule has 2 atom stereocenters. The maximum Gasteiger partial charge on any atom is 0.137 e. The van der Waals surface area contributed by atoms with Gasteiger partial charge in [0, 0.05) is 56.7 Å². The first-order valence-electron chi connectivity index (χ1n) is 6.86. The highest BCUT2D eigenvalue weighted by Crippen LogP contribution is 2.27. The molecule has 0 aliphatic carbocycles. The predicted octanol–water partition coefficient (Wildman–Crippen LogP) is 2.07. The van der Waals surface area contributed by atoms with Crippen LogP contribution in [0.5, 0.6) is 0 Å². The lowest BCUT2D eigenvalue weighted by molar-refractivity contribution is 0.0813. The first-order chi connectivity index (χ1) is 9.76. The van der Waals surface area contributed by atoms with Crippen molar-refractivity contribution in [2.24, 2.45) is 5.92 Å². The molecule has 106 valence electrons. The highest BCUT2D eigenvalue weighted by atomic mass is 16.5. The third-order valence-corrected chi connectivity index (χ3v) is 3.85. The van der Waals surface area contributed by atoms with Crippen molar-refractivity contribution >= 4 is 5.69 Å². The van der Waals surface area contributed by atoms with Gasteiger partial charge in [-0.05, 0) is 19.1 Å². The van der Waals surface area contributed by atoms with E-state index in [2.05, 4.69) is 15.0 Å². The molecule has 0 bridgehead atoms. The summed E-state index contributed by atoms with van der Waals surface area (Å²) in [6.07, 6.45) is 4.73. The van der Waals surface area contributed by atoms with Crippen molar-refractivity contribution in [1.82, 2.24) is 10.1 Å². The normalized spacial score (nSPS) is 22.4. The van der Waals surface area contributed by atoms with Gasteiger partial charge >= 0.3 is 0 Å². The lowest BCUT2D eigenvalue weighted by Gasteiger charge is -2.17. The van der Waals surface area contributed by atoms with E-state index in [4.69, 9.17) is 9.26 Å². The molecule has 3 rings (SSSR count). The molecule has 1 fully saturated rings. The number of aryl methyl sites for hydroxylation is 1. The van der Waals surface area contributed by atoms with Crippen LogP contribution in [0.2, 0.25) is 0 Å². The second kappa shape index (κ2) is 5.63. The Morgan fingerprint density at radius 2 is 2.15 bits per heavy atom. The lowest BCUT2D eigenvalue weighted by atomic mass is 10.0. The van der Waals surface area contributed by atoms with Crippen molar-refractivity contribution in [1.29, 1.82) is 0 Å². The van der Waals surface area contributed by atoms with Crippen LogP contribution in [0.3, 0.4) is 0 Å². The summed E-state index contributed by atoms with van der Waals surface area (Å²) in [5.74, 6) is 1.35. The Morgan fingerprint density at radius 1 is 1.35 bits per heavy atom. The van der Waals surface area contributed by atoms with Crippen molar-refractivity contribution < 1.29 is 9.26 Å². The first-order valence-corrected chi connectivity index (χ1v) is 6.86. The van der Waals surface area contributed by atoms with E-state index in [0.29, 0.717) is 5.92 Å². The van der Waals surface area contributed by atoms with Gasteiger partial charge in [0.1, 0.15) is 5.76 Å². The van der Waals surface area contributed by atoms with Gasteiger partial charge in [0.25, 0.3) is 0 Å². The molecule has 0 amide bonds. The lowest BCUT2D eigenvalue weighted by Crippen LogP contribution is -2.23. The molecule has 5 nitrogen and oxygen atoms in total. The topological polar surface area (TPSA) is 51.4 Å². The molecular formula is C15H19N3O2. The number of ether oxygens (including phenoxy) is 1. The minimum absolute atomic E-state index is 0.216. The van der Waals surface area contributed by atoms with Gasteiger partial charge in [0.15, 0.2) is 0 Å².